The Morgan fingerprint density at radius 1 is 1.24 bits per heavy atom. The Hall–Kier alpha value is -1.88. The SMILES string of the molecule is O=C1CN(C(=O)c2cccc(Cl)c2)CC(=O)N1. The van der Waals surface area contributed by atoms with E-state index in [1.54, 1.807) is 18.2 Å². The lowest BCUT2D eigenvalue weighted by Crippen LogP contribution is -2.53. The molecule has 0 aromatic heterocycles. The molecule has 0 unspecified atom stereocenters. The molecular weight excluding hydrogens is 244 g/mol. The van der Waals surface area contributed by atoms with E-state index in [9.17, 15) is 14.4 Å². The Bertz CT molecular complexity index is 485. The third-order valence-electron chi connectivity index (χ3n) is 2.31. The van der Waals surface area contributed by atoms with Crippen LogP contribution in [0.15, 0.2) is 24.3 Å². The predicted molar refractivity (Wildman–Crippen MR) is 60.5 cm³/mol. The maximum atomic E-state index is 12.0. The van der Waals surface area contributed by atoms with Gasteiger partial charge in [-0.1, -0.05) is 17.7 Å². The number of rotatable bonds is 1. The molecule has 17 heavy (non-hydrogen) atoms. The summed E-state index contributed by atoms with van der Waals surface area (Å²) >= 11 is 5.77. The summed E-state index contributed by atoms with van der Waals surface area (Å²) in [4.78, 5) is 35.4. The van der Waals surface area contributed by atoms with E-state index in [2.05, 4.69) is 5.32 Å². The van der Waals surface area contributed by atoms with Crippen molar-refractivity contribution in [2.24, 2.45) is 0 Å². The van der Waals surface area contributed by atoms with Crippen molar-refractivity contribution in [3.8, 4) is 0 Å². The second-order valence-corrected chi connectivity index (χ2v) is 4.08. The van der Waals surface area contributed by atoms with E-state index in [0.29, 0.717) is 10.6 Å². The van der Waals surface area contributed by atoms with Crippen LogP contribution < -0.4 is 5.32 Å². The number of benzene rings is 1. The molecule has 1 saturated heterocycles. The van der Waals surface area contributed by atoms with Gasteiger partial charge in [-0.3, -0.25) is 19.7 Å². The van der Waals surface area contributed by atoms with E-state index in [4.69, 9.17) is 11.6 Å². The Morgan fingerprint density at radius 2 is 1.88 bits per heavy atom. The molecule has 6 heteroatoms. The Kier molecular flexibility index (Phi) is 3.10. The summed E-state index contributed by atoms with van der Waals surface area (Å²) in [7, 11) is 0. The van der Waals surface area contributed by atoms with Gasteiger partial charge in [0, 0.05) is 10.6 Å². The molecule has 0 spiro atoms. The molecule has 1 aromatic rings. The standard InChI is InChI=1S/C11H9ClN2O3/c12-8-3-1-2-7(4-8)11(17)14-5-9(15)13-10(16)6-14/h1-4H,5-6H2,(H,13,15,16). The molecule has 88 valence electrons. The summed E-state index contributed by atoms with van der Waals surface area (Å²) in [5.74, 6) is -1.33. The minimum absolute atomic E-state index is 0.114. The van der Waals surface area contributed by atoms with Crippen molar-refractivity contribution in [2.75, 3.05) is 13.1 Å². The number of carbonyl (C=O) groups is 3. The minimum atomic E-state index is -0.475. The lowest BCUT2D eigenvalue weighted by molar-refractivity contribution is -0.135. The van der Waals surface area contributed by atoms with Gasteiger partial charge in [-0.05, 0) is 18.2 Å². The van der Waals surface area contributed by atoms with Crippen LogP contribution in [0.2, 0.25) is 5.02 Å². The first-order valence-corrected chi connectivity index (χ1v) is 5.31. The van der Waals surface area contributed by atoms with Crippen molar-refractivity contribution in [1.29, 1.82) is 0 Å². The van der Waals surface area contributed by atoms with Crippen LogP contribution in [0.5, 0.6) is 0 Å². The van der Waals surface area contributed by atoms with Gasteiger partial charge >= 0.3 is 0 Å². The summed E-state index contributed by atoms with van der Waals surface area (Å²) in [6.07, 6.45) is 0. The molecule has 0 radical (unpaired) electrons. The van der Waals surface area contributed by atoms with Crippen molar-refractivity contribution in [3.05, 3.63) is 34.9 Å². The highest BCUT2D eigenvalue weighted by Gasteiger charge is 2.26. The third kappa shape index (κ3) is 2.62. The van der Waals surface area contributed by atoms with Crippen LogP contribution in [0.3, 0.4) is 0 Å². The number of nitrogens with one attached hydrogen (secondary N) is 1. The molecule has 3 amide bonds. The van der Waals surface area contributed by atoms with Gasteiger partial charge in [0.15, 0.2) is 0 Å². The van der Waals surface area contributed by atoms with Crippen molar-refractivity contribution in [3.63, 3.8) is 0 Å². The quantitative estimate of drug-likeness (QED) is 0.738. The number of hydrogen-bond acceptors (Lipinski definition) is 3. The first-order chi connectivity index (χ1) is 8.06. The summed E-state index contributed by atoms with van der Waals surface area (Å²) in [6.45, 7) is -0.228. The zero-order valence-corrected chi connectivity index (χ0v) is 9.53. The molecular formula is C11H9ClN2O3. The predicted octanol–water partition coefficient (Wildman–Crippen LogP) is 0.439. The van der Waals surface area contributed by atoms with E-state index in [0.717, 1.165) is 0 Å². The molecule has 1 heterocycles. The maximum absolute atomic E-state index is 12.0. The van der Waals surface area contributed by atoms with E-state index >= 15 is 0 Å². The summed E-state index contributed by atoms with van der Waals surface area (Å²) in [5, 5.41) is 2.56. The number of piperazine rings is 1. The van der Waals surface area contributed by atoms with Crippen LogP contribution in [-0.2, 0) is 9.59 Å². The van der Waals surface area contributed by atoms with Gasteiger partial charge in [-0.15, -0.1) is 0 Å². The lowest BCUT2D eigenvalue weighted by Gasteiger charge is -2.25. The van der Waals surface area contributed by atoms with E-state index < -0.39 is 11.8 Å². The number of imide groups is 1. The van der Waals surface area contributed by atoms with Crippen LogP contribution in [0.4, 0.5) is 0 Å². The van der Waals surface area contributed by atoms with Crippen LogP contribution in [-0.4, -0.2) is 35.7 Å². The fraction of sp³-hybridized carbons (Fsp3) is 0.182. The number of amides is 3. The van der Waals surface area contributed by atoms with Crippen molar-refractivity contribution in [1.82, 2.24) is 10.2 Å². The summed E-state index contributed by atoms with van der Waals surface area (Å²) < 4.78 is 0. The van der Waals surface area contributed by atoms with Gasteiger partial charge in [-0.2, -0.15) is 0 Å². The second kappa shape index (κ2) is 4.55. The average molecular weight is 253 g/mol. The van der Waals surface area contributed by atoms with Gasteiger partial charge in [-0.25, -0.2) is 0 Å². The maximum Gasteiger partial charge on any atom is 0.254 e. The zero-order valence-electron chi connectivity index (χ0n) is 8.77. The normalized spacial score (nSPS) is 15.7. The van der Waals surface area contributed by atoms with Crippen LogP contribution in [0.1, 0.15) is 10.4 Å². The van der Waals surface area contributed by atoms with Crippen molar-refractivity contribution in [2.45, 2.75) is 0 Å². The molecule has 5 nitrogen and oxygen atoms in total. The van der Waals surface area contributed by atoms with E-state index in [-0.39, 0.29) is 19.0 Å². The molecule has 1 fully saturated rings. The molecule has 0 atom stereocenters. The topological polar surface area (TPSA) is 66.5 Å². The van der Waals surface area contributed by atoms with Gasteiger partial charge in [0.05, 0.1) is 0 Å². The highest BCUT2D eigenvalue weighted by atomic mass is 35.5. The second-order valence-electron chi connectivity index (χ2n) is 3.64. The summed E-state index contributed by atoms with van der Waals surface area (Å²) in [5.41, 5.74) is 0.361. The molecule has 1 aliphatic rings. The molecule has 0 bridgehead atoms. The van der Waals surface area contributed by atoms with Crippen LogP contribution in [0.25, 0.3) is 0 Å². The Morgan fingerprint density at radius 3 is 2.47 bits per heavy atom. The molecule has 1 aliphatic heterocycles. The molecule has 0 aliphatic carbocycles. The average Bonchev–Trinajstić information content (AvgIpc) is 2.26. The molecule has 2 rings (SSSR count). The number of hydrogen-bond donors (Lipinski definition) is 1. The first kappa shape index (κ1) is 11.6. The fourth-order valence-corrected chi connectivity index (χ4v) is 1.78. The van der Waals surface area contributed by atoms with Crippen molar-refractivity contribution < 1.29 is 14.4 Å². The van der Waals surface area contributed by atoms with Gasteiger partial charge in [0.25, 0.3) is 5.91 Å². The lowest BCUT2D eigenvalue weighted by atomic mass is 10.2. The molecule has 1 N–H and O–H groups in total. The van der Waals surface area contributed by atoms with E-state index in [1.165, 1.54) is 11.0 Å². The zero-order chi connectivity index (χ0) is 12.4. The molecule has 0 saturated carbocycles. The minimum Gasteiger partial charge on any atom is -0.320 e. The highest BCUT2D eigenvalue weighted by molar-refractivity contribution is 6.31. The van der Waals surface area contributed by atoms with Crippen LogP contribution >= 0.6 is 11.6 Å². The summed E-state index contributed by atoms with van der Waals surface area (Å²) in [6, 6.07) is 6.37. The van der Waals surface area contributed by atoms with Gasteiger partial charge in [0.1, 0.15) is 13.1 Å². The Balaban J connectivity index is 2.20. The monoisotopic (exact) mass is 252 g/mol. The number of carbonyl (C=O) groups excluding carboxylic acids is 3. The fourth-order valence-electron chi connectivity index (χ4n) is 1.58. The highest BCUT2D eigenvalue weighted by Crippen LogP contribution is 2.13. The third-order valence-corrected chi connectivity index (χ3v) is 2.54. The van der Waals surface area contributed by atoms with Crippen molar-refractivity contribution >= 4 is 29.3 Å². The van der Waals surface area contributed by atoms with Crippen LogP contribution in [0, 0.1) is 0 Å². The molecule has 1 aromatic carbocycles. The number of halogens is 1. The van der Waals surface area contributed by atoms with Gasteiger partial charge in [0.2, 0.25) is 11.8 Å². The van der Waals surface area contributed by atoms with Gasteiger partial charge < -0.3 is 4.90 Å². The number of nitrogens with zero attached hydrogens (tertiary/aromatic N) is 1. The largest absolute Gasteiger partial charge is 0.320 e. The van der Waals surface area contributed by atoms with E-state index in [1.807, 2.05) is 0 Å². The smallest absolute Gasteiger partial charge is 0.254 e. The Labute approximate surface area is 102 Å². The first-order valence-electron chi connectivity index (χ1n) is 4.94.